The summed E-state index contributed by atoms with van der Waals surface area (Å²) in [6.07, 6.45) is 2.61. The van der Waals surface area contributed by atoms with E-state index in [9.17, 15) is 0 Å². The second-order valence-electron chi connectivity index (χ2n) is 4.65. The molecule has 0 fully saturated rings. The van der Waals surface area contributed by atoms with Gasteiger partial charge in [0.25, 0.3) is 0 Å². The molecule has 0 saturated carbocycles. The van der Waals surface area contributed by atoms with Gasteiger partial charge in [0.05, 0.1) is 6.21 Å². The van der Waals surface area contributed by atoms with Crippen LogP contribution in [0.5, 0.6) is 0 Å². The van der Waals surface area contributed by atoms with E-state index in [1.165, 1.54) is 17.3 Å². The number of rotatable bonds is 5. The standard InChI is InChI=1S/C17H18ClN3S/c1-2-14-10-16(18)9-8-15(14)11-20-21-17(19)22-12-13-6-4-3-5-7-13/h3-11H,2,12H2,1H3,(H2,19,21). The summed E-state index contributed by atoms with van der Waals surface area (Å²) >= 11 is 7.45. The van der Waals surface area contributed by atoms with E-state index in [0.717, 1.165) is 28.3 Å². The van der Waals surface area contributed by atoms with E-state index in [2.05, 4.69) is 29.3 Å². The van der Waals surface area contributed by atoms with Gasteiger partial charge in [-0.05, 0) is 35.2 Å². The summed E-state index contributed by atoms with van der Waals surface area (Å²) in [5, 5.41) is 9.28. The number of nitrogens with zero attached hydrogens (tertiary/aromatic N) is 2. The van der Waals surface area contributed by atoms with Crippen LogP contribution in [0.1, 0.15) is 23.6 Å². The molecule has 2 rings (SSSR count). The lowest BCUT2D eigenvalue weighted by atomic mass is 10.1. The van der Waals surface area contributed by atoms with Crippen LogP contribution >= 0.6 is 23.4 Å². The van der Waals surface area contributed by atoms with E-state index in [1.54, 1.807) is 6.21 Å². The van der Waals surface area contributed by atoms with Gasteiger partial charge in [-0.25, -0.2) is 0 Å². The third kappa shape index (κ3) is 5.20. The minimum absolute atomic E-state index is 0.451. The Kier molecular flexibility index (Phi) is 6.49. The molecular formula is C17H18ClN3S. The van der Waals surface area contributed by atoms with E-state index in [-0.39, 0.29) is 0 Å². The fourth-order valence-corrected chi connectivity index (χ4v) is 2.72. The first kappa shape index (κ1) is 16.6. The highest BCUT2D eigenvalue weighted by Gasteiger charge is 1.99. The molecule has 114 valence electrons. The van der Waals surface area contributed by atoms with Crippen LogP contribution in [-0.4, -0.2) is 11.4 Å². The van der Waals surface area contributed by atoms with Crippen LogP contribution in [-0.2, 0) is 12.2 Å². The maximum atomic E-state index is 5.98. The molecule has 2 N–H and O–H groups in total. The van der Waals surface area contributed by atoms with Crippen molar-refractivity contribution in [1.29, 1.82) is 0 Å². The zero-order chi connectivity index (χ0) is 15.8. The summed E-state index contributed by atoms with van der Waals surface area (Å²) in [5.41, 5.74) is 9.22. The van der Waals surface area contributed by atoms with E-state index in [4.69, 9.17) is 17.3 Å². The fourth-order valence-electron chi connectivity index (χ4n) is 1.91. The Bertz CT molecular complexity index is 669. The zero-order valence-electron chi connectivity index (χ0n) is 12.4. The zero-order valence-corrected chi connectivity index (χ0v) is 13.9. The van der Waals surface area contributed by atoms with Crippen LogP contribution in [0, 0.1) is 0 Å². The van der Waals surface area contributed by atoms with Gasteiger partial charge in [0.1, 0.15) is 0 Å². The van der Waals surface area contributed by atoms with Crippen LogP contribution < -0.4 is 5.73 Å². The van der Waals surface area contributed by atoms with Crippen molar-refractivity contribution in [2.75, 3.05) is 0 Å². The van der Waals surface area contributed by atoms with Crippen molar-refractivity contribution < 1.29 is 0 Å². The van der Waals surface area contributed by atoms with E-state index in [1.807, 2.05) is 36.4 Å². The van der Waals surface area contributed by atoms with Crippen LogP contribution in [0.4, 0.5) is 0 Å². The van der Waals surface area contributed by atoms with Gasteiger partial charge < -0.3 is 5.73 Å². The van der Waals surface area contributed by atoms with Crippen molar-refractivity contribution in [1.82, 2.24) is 0 Å². The molecule has 5 heteroatoms. The molecule has 0 heterocycles. The molecule has 0 atom stereocenters. The number of thioether (sulfide) groups is 1. The van der Waals surface area contributed by atoms with E-state index >= 15 is 0 Å². The second-order valence-corrected chi connectivity index (χ2v) is 6.09. The minimum Gasteiger partial charge on any atom is -0.377 e. The van der Waals surface area contributed by atoms with Crippen molar-refractivity contribution in [3.05, 3.63) is 70.2 Å². The molecule has 0 unspecified atom stereocenters. The lowest BCUT2D eigenvalue weighted by Crippen LogP contribution is -2.06. The molecule has 3 nitrogen and oxygen atoms in total. The molecule has 0 aliphatic carbocycles. The molecule has 2 aromatic rings. The van der Waals surface area contributed by atoms with Gasteiger partial charge in [0.15, 0.2) is 5.17 Å². The average molecular weight is 332 g/mol. The van der Waals surface area contributed by atoms with E-state index in [0.29, 0.717) is 5.17 Å². The maximum absolute atomic E-state index is 5.98. The number of amidine groups is 1. The monoisotopic (exact) mass is 331 g/mol. The summed E-state index contributed by atoms with van der Waals surface area (Å²) in [6.45, 7) is 2.08. The van der Waals surface area contributed by atoms with Crippen molar-refractivity contribution in [2.24, 2.45) is 15.9 Å². The minimum atomic E-state index is 0.451. The molecule has 0 aliphatic heterocycles. The Morgan fingerprint density at radius 2 is 2.00 bits per heavy atom. The topological polar surface area (TPSA) is 50.7 Å². The van der Waals surface area contributed by atoms with Gasteiger partial charge in [-0.2, -0.15) is 5.10 Å². The lowest BCUT2D eigenvalue weighted by molar-refractivity contribution is 1.13. The fraction of sp³-hybridized carbons (Fsp3) is 0.176. The number of aryl methyl sites for hydroxylation is 1. The van der Waals surface area contributed by atoms with Gasteiger partial charge in [0.2, 0.25) is 0 Å². The molecule has 0 bridgehead atoms. The normalized spacial score (nSPS) is 12.0. The van der Waals surface area contributed by atoms with Gasteiger partial charge in [-0.1, -0.05) is 66.7 Å². The van der Waals surface area contributed by atoms with Crippen molar-refractivity contribution in [2.45, 2.75) is 19.1 Å². The molecule has 0 spiro atoms. The Morgan fingerprint density at radius 3 is 2.73 bits per heavy atom. The molecule has 0 radical (unpaired) electrons. The van der Waals surface area contributed by atoms with Crippen LogP contribution in [0.3, 0.4) is 0 Å². The highest BCUT2D eigenvalue weighted by atomic mass is 35.5. The SMILES string of the molecule is CCc1cc(Cl)ccc1C=NN=C(N)SCc1ccccc1. The quantitative estimate of drug-likeness (QED) is 0.498. The summed E-state index contributed by atoms with van der Waals surface area (Å²) in [5.74, 6) is 0.785. The van der Waals surface area contributed by atoms with Crippen molar-refractivity contribution in [3.63, 3.8) is 0 Å². The predicted molar refractivity (Wildman–Crippen MR) is 97.8 cm³/mol. The van der Waals surface area contributed by atoms with Crippen molar-refractivity contribution >= 4 is 34.7 Å². The number of benzene rings is 2. The Labute approximate surface area is 140 Å². The number of halogens is 1. The van der Waals surface area contributed by atoms with Gasteiger partial charge in [0, 0.05) is 10.8 Å². The summed E-state index contributed by atoms with van der Waals surface area (Å²) in [6, 6.07) is 15.9. The number of hydrogen-bond acceptors (Lipinski definition) is 3. The smallest absolute Gasteiger partial charge is 0.180 e. The van der Waals surface area contributed by atoms with Gasteiger partial charge in [-0.3, -0.25) is 0 Å². The molecule has 0 aliphatic rings. The molecule has 22 heavy (non-hydrogen) atoms. The Balaban J connectivity index is 1.95. The highest BCUT2D eigenvalue weighted by Crippen LogP contribution is 2.15. The lowest BCUT2D eigenvalue weighted by Gasteiger charge is -2.02. The summed E-state index contributed by atoms with van der Waals surface area (Å²) in [4.78, 5) is 0. The molecule has 2 aromatic carbocycles. The third-order valence-electron chi connectivity index (χ3n) is 3.07. The molecule has 0 saturated heterocycles. The van der Waals surface area contributed by atoms with Gasteiger partial charge in [-0.15, -0.1) is 5.10 Å². The highest BCUT2D eigenvalue weighted by molar-refractivity contribution is 8.13. The third-order valence-corrected chi connectivity index (χ3v) is 4.16. The predicted octanol–water partition coefficient (Wildman–Crippen LogP) is 4.48. The van der Waals surface area contributed by atoms with Crippen molar-refractivity contribution in [3.8, 4) is 0 Å². The molecule has 0 amide bonds. The first-order chi connectivity index (χ1) is 10.7. The van der Waals surface area contributed by atoms with E-state index < -0.39 is 0 Å². The number of nitrogens with two attached hydrogens (primary N) is 1. The van der Waals surface area contributed by atoms with Crippen LogP contribution in [0.25, 0.3) is 0 Å². The largest absolute Gasteiger partial charge is 0.377 e. The molecule has 0 aromatic heterocycles. The number of hydrogen-bond donors (Lipinski definition) is 1. The maximum Gasteiger partial charge on any atom is 0.180 e. The van der Waals surface area contributed by atoms with Crippen LogP contribution in [0.15, 0.2) is 58.7 Å². The molecular weight excluding hydrogens is 314 g/mol. The second kappa shape index (κ2) is 8.61. The summed E-state index contributed by atoms with van der Waals surface area (Å²) < 4.78 is 0. The Hall–Kier alpha value is -1.78. The summed E-state index contributed by atoms with van der Waals surface area (Å²) in [7, 11) is 0. The first-order valence-corrected chi connectivity index (χ1v) is 8.37. The first-order valence-electron chi connectivity index (χ1n) is 7.00. The van der Waals surface area contributed by atoms with Crippen LogP contribution in [0.2, 0.25) is 5.02 Å². The Morgan fingerprint density at radius 1 is 1.23 bits per heavy atom. The van der Waals surface area contributed by atoms with Gasteiger partial charge >= 0.3 is 0 Å². The average Bonchev–Trinajstić information content (AvgIpc) is 2.55.